The third-order valence-electron chi connectivity index (χ3n) is 7.82. The summed E-state index contributed by atoms with van der Waals surface area (Å²) in [5.74, 6) is 0.776. The number of piperazine rings is 1. The first-order valence-corrected chi connectivity index (χ1v) is 12.9. The molecule has 6 nitrogen and oxygen atoms in total. The second-order valence-corrected chi connectivity index (χ2v) is 10.1. The van der Waals surface area contributed by atoms with E-state index in [4.69, 9.17) is 9.72 Å². The highest BCUT2D eigenvalue weighted by Gasteiger charge is 2.33. The Hall–Kier alpha value is -2.98. The Morgan fingerprint density at radius 2 is 2.00 bits per heavy atom. The minimum Gasteiger partial charge on any atom is -0.376 e. The van der Waals surface area contributed by atoms with Gasteiger partial charge in [0.25, 0.3) is 0 Å². The van der Waals surface area contributed by atoms with Crippen LogP contribution in [0.4, 0.5) is 10.2 Å². The number of hydrogen-bond acceptors (Lipinski definition) is 5. The van der Waals surface area contributed by atoms with Crippen molar-refractivity contribution < 1.29 is 13.9 Å². The molecule has 1 saturated heterocycles. The van der Waals surface area contributed by atoms with Gasteiger partial charge in [0.1, 0.15) is 17.7 Å². The number of halogens is 1. The number of carbonyl (C=O) groups excluding carboxylic acids is 1. The maximum absolute atomic E-state index is 14.1. The highest BCUT2D eigenvalue weighted by atomic mass is 19.1. The highest BCUT2D eigenvalue weighted by molar-refractivity contribution is 5.79. The quantitative estimate of drug-likeness (QED) is 0.650. The van der Waals surface area contributed by atoms with Gasteiger partial charge in [-0.15, -0.1) is 0 Å². The number of carbonyl (C=O) groups is 1. The molecule has 1 atom stereocenters. The predicted molar refractivity (Wildman–Crippen MR) is 132 cm³/mol. The summed E-state index contributed by atoms with van der Waals surface area (Å²) in [5.41, 5.74) is 4.46. The lowest BCUT2D eigenvalue weighted by atomic mass is 9.82. The molecule has 1 aromatic carbocycles. The van der Waals surface area contributed by atoms with Gasteiger partial charge in [0.2, 0.25) is 5.91 Å². The number of benzene rings is 1. The van der Waals surface area contributed by atoms with Gasteiger partial charge in [0.15, 0.2) is 0 Å². The van der Waals surface area contributed by atoms with Crippen LogP contribution in [0, 0.1) is 17.1 Å². The van der Waals surface area contributed by atoms with Crippen molar-refractivity contribution in [3.63, 3.8) is 0 Å². The van der Waals surface area contributed by atoms with Gasteiger partial charge in [-0.05, 0) is 43.4 Å². The lowest BCUT2D eigenvalue weighted by Crippen LogP contribution is -2.55. The van der Waals surface area contributed by atoms with Crippen LogP contribution < -0.4 is 4.90 Å². The predicted octanol–water partition coefficient (Wildman–Crippen LogP) is 4.49. The topological polar surface area (TPSA) is 69.5 Å². The van der Waals surface area contributed by atoms with E-state index in [9.17, 15) is 14.4 Å². The summed E-state index contributed by atoms with van der Waals surface area (Å²) < 4.78 is 19.9. The SMILES string of the molecule is C[C@@H]1CN(c2nc(C3CCCCC3)c3c(c2C#N)CCOC3)CCN1C(=O)Cc1ccccc1F. The number of pyridine rings is 1. The van der Waals surface area contributed by atoms with Crippen molar-refractivity contribution in [2.75, 3.05) is 31.1 Å². The molecule has 2 aromatic rings. The molecular formula is C28H33FN4O2. The van der Waals surface area contributed by atoms with E-state index in [1.807, 2.05) is 11.8 Å². The van der Waals surface area contributed by atoms with Gasteiger partial charge in [0.05, 0.1) is 30.9 Å². The van der Waals surface area contributed by atoms with Crippen LogP contribution in [-0.2, 0) is 29.0 Å². The van der Waals surface area contributed by atoms with Crippen LogP contribution in [0.5, 0.6) is 0 Å². The van der Waals surface area contributed by atoms with E-state index < -0.39 is 0 Å². The molecule has 0 bridgehead atoms. The number of aromatic nitrogens is 1. The fourth-order valence-corrected chi connectivity index (χ4v) is 5.95. The summed E-state index contributed by atoms with van der Waals surface area (Å²) in [6, 6.07) is 8.85. The zero-order valence-corrected chi connectivity index (χ0v) is 20.4. The van der Waals surface area contributed by atoms with Crippen LogP contribution in [0.1, 0.15) is 72.9 Å². The molecular weight excluding hydrogens is 443 g/mol. The standard InChI is InChI=1S/C28H33FN4O2/c1-19-17-32(12-13-33(19)26(34)15-21-9-5-6-10-25(21)29)28-23(16-30)22-11-14-35-18-24(22)27(31-28)20-7-3-2-4-8-20/h5-6,9-10,19-20H,2-4,7-8,11-15,17-18H2,1H3/t19-/m1/s1. The normalized spacial score (nSPS) is 20.9. The number of fused-ring (bicyclic) bond motifs is 1. The highest BCUT2D eigenvalue weighted by Crippen LogP contribution is 2.39. The van der Waals surface area contributed by atoms with E-state index in [2.05, 4.69) is 11.0 Å². The molecule has 2 aliphatic heterocycles. The van der Waals surface area contributed by atoms with E-state index >= 15 is 0 Å². The molecule has 1 saturated carbocycles. The number of hydrogen-bond donors (Lipinski definition) is 0. The monoisotopic (exact) mass is 476 g/mol. The molecule has 35 heavy (non-hydrogen) atoms. The van der Waals surface area contributed by atoms with E-state index in [1.54, 1.807) is 18.2 Å². The maximum Gasteiger partial charge on any atom is 0.227 e. The van der Waals surface area contributed by atoms with Crippen LogP contribution in [0.3, 0.4) is 0 Å². The molecule has 5 rings (SSSR count). The number of nitrogens with zero attached hydrogens (tertiary/aromatic N) is 4. The second-order valence-electron chi connectivity index (χ2n) is 10.1. The van der Waals surface area contributed by atoms with E-state index in [-0.39, 0.29) is 24.2 Å². The summed E-state index contributed by atoms with van der Waals surface area (Å²) in [6.07, 6.45) is 6.79. The average Bonchev–Trinajstić information content (AvgIpc) is 2.89. The Labute approximate surface area is 206 Å². The van der Waals surface area contributed by atoms with Crippen molar-refractivity contribution in [1.82, 2.24) is 9.88 Å². The molecule has 0 radical (unpaired) electrons. The number of nitriles is 1. The van der Waals surface area contributed by atoms with Gasteiger partial charge < -0.3 is 14.5 Å². The van der Waals surface area contributed by atoms with Gasteiger partial charge in [-0.25, -0.2) is 9.37 Å². The van der Waals surface area contributed by atoms with Gasteiger partial charge in [-0.1, -0.05) is 37.5 Å². The first-order chi connectivity index (χ1) is 17.1. The molecule has 3 aliphatic rings. The Bertz CT molecular complexity index is 1140. The van der Waals surface area contributed by atoms with Crippen LogP contribution >= 0.6 is 0 Å². The molecule has 2 fully saturated rings. The fourth-order valence-electron chi connectivity index (χ4n) is 5.95. The second kappa shape index (κ2) is 10.3. The van der Waals surface area contributed by atoms with E-state index in [0.717, 1.165) is 41.9 Å². The Kier molecular flexibility index (Phi) is 7.01. The van der Waals surface area contributed by atoms with Crippen LogP contribution in [-0.4, -0.2) is 48.1 Å². The van der Waals surface area contributed by atoms with Crippen molar-refractivity contribution in [3.05, 3.63) is 58.0 Å². The Morgan fingerprint density at radius 1 is 1.20 bits per heavy atom. The largest absolute Gasteiger partial charge is 0.376 e. The molecule has 3 heterocycles. The van der Waals surface area contributed by atoms with Crippen molar-refractivity contribution in [2.24, 2.45) is 0 Å². The molecule has 0 N–H and O–H groups in total. The van der Waals surface area contributed by atoms with Crippen molar-refractivity contribution >= 4 is 11.7 Å². The van der Waals surface area contributed by atoms with Gasteiger partial charge >= 0.3 is 0 Å². The summed E-state index contributed by atoms with van der Waals surface area (Å²) in [5, 5.41) is 10.1. The average molecular weight is 477 g/mol. The zero-order chi connectivity index (χ0) is 24.4. The summed E-state index contributed by atoms with van der Waals surface area (Å²) in [7, 11) is 0. The molecule has 0 unspecified atom stereocenters. The van der Waals surface area contributed by atoms with Gasteiger partial charge in [0, 0.05) is 37.2 Å². The Morgan fingerprint density at radius 3 is 2.74 bits per heavy atom. The number of rotatable bonds is 4. The first kappa shape index (κ1) is 23.7. The van der Waals surface area contributed by atoms with Crippen molar-refractivity contribution in [3.8, 4) is 6.07 Å². The number of anilines is 1. The van der Waals surface area contributed by atoms with Crippen molar-refractivity contribution in [2.45, 2.75) is 70.4 Å². The lowest BCUT2D eigenvalue weighted by Gasteiger charge is -2.41. The van der Waals surface area contributed by atoms with Crippen LogP contribution in [0.15, 0.2) is 24.3 Å². The first-order valence-electron chi connectivity index (χ1n) is 12.9. The fraction of sp³-hybridized carbons (Fsp3) is 0.536. The number of ether oxygens (including phenoxy) is 1. The number of amides is 1. The lowest BCUT2D eigenvalue weighted by molar-refractivity contribution is -0.132. The minimum absolute atomic E-state index is 0.0589. The van der Waals surface area contributed by atoms with E-state index in [1.165, 1.54) is 25.3 Å². The molecule has 7 heteroatoms. The minimum atomic E-state index is -0.344. The summed E-state index contributed by atoms with van der Waals surface area (Å²) in [4.78, 5) is 22.2. The van der Waals surface area contributed by atoms with E-state index in [0.29, 0.717) is 49.9 Å². The van der Waals surface area contributed by atoms with Crippen LogP contribution in [0.2, 0.25) is 0 Å². The smallest absolute Gasteiger partial charge is 0.227 e. The molecule has 0 spiro atoms. The van der Waals surface area contributed by atoms with Gasteiger partial charge in [-0.3, -0.25) is 4.79 Å². The van der Waals surface area contributed by atoms with Crippen molar-refractivity contribution in [1.29, 1.82) is 5.26 Å². The summed E-state index contributed by atoms with van der Waals surface area (Å²) >= 11 is 0. The zero-order valence-electron chi connectivity index (χ0n) is 20.4. The Balaban J connectivity index is 1.40. The molecule has 184 valence electrons. The third kappa shape index (κ3) is 4.77. The third-order valence-corrected chi connectivity index (χ3v) is 7.82. The molecule has 1 aromatic heterocycles. The van der Waals surface area contributed by atoms with Gasteiger partial charge in [-0.2, -0.15) is 5.26 Å². The molecule has 1 amide bonds. The molecule has 1 aliphatic carbocycles. The van der Waals surface area contributed by atoms with Crippen LogP contribution in [0.25, 0.3) is 0 Å². The summed E-state index contributed by atoms with van der Waals surface area (Å²) in [6.45, 7) is 4.92. The maximum atomic E-state index is 14.1.